The number of barbiturate groups is 1. The number of carbonyl (C=O) groups is 3. The molecule has 4 rings (SSSR count). The second-order valence-corrected chi connectivity index (χ2v) is 7.79. The number of rotatable bonds is 5. The van der Waals surface area contributed by atoms with Crippen LogP contribution in [-0.4, -0.2) is 17.8 Å². The monoisotopic (exact) mass is 466 g/mol. The number of benzene rings is 3. The van der Waals surface area contributed by atoms with Crippen LogP contribution in [0.5, 0.6) is 5.75 Å². The second kappa shape index (κ2) is 9.26. The zero-order valence-corrected chi connectivity index (χ0v) is 18.1. The van der Waals surface area contributed by atoms with Gasteiger partial charge in [0.15, 0.2) is 0 Å². The van der Waals surface area contributed by atoms with Gasteiger partial charge in [0.1, 0.15) is 17.9 Å². The fraction of sp³-hybridized carbons (Fsp3) is 0.0417. The van der Waals surface area contributed by atoms with Crippen molar-refractivity contribution in [3.63, 3.8) is 0 Å². The molecule has 1 fully saturated rings. The summed E-state index contributed by atoms with van der Waals surface area (Å²) in [5.74, 6) is -0.935. The molecule has 1 N–H and O–H groups in total. The Hall–Kier alpha value is -3.61. The molecule has 0 unspecified atom stereocenters. The standard InChI is InChI=1S/C24H16Cl2N2O4/c25-17-6-4-15(5-7-17)14-32-20-3-1-2-16(12-20)13-21-22(29)27-24(31)28(23(21)30)19-10-8-18(26)9-11-19/h1-13H,14H2,(H,27,29,31)/b21-13-. The normalized spacial score (nSPS) is 15.1. The van der Waals surface area contributed by atoms with Crippen LogP contribution in [0.3, 0.4) is 0 Å². The van der Waals surface area contributed by atoms with E-state index in [1.807, 2.05) is 12.1 Å². The Kier molecular flexibility index (Phi) is 6.25. The van der Waals surface area contributed by atoms with Crippen molar-refractivity contribution in [2.45, 2.75) is 6.61 Å². The minimum absolute atomic E-state index is 0.172. The summed E-state index contributed by atoms with van der Waals surface area (Å²) in [6.07, 6.45) is 1.42. The lowest BCUT2D eigenvalue weighted by atomic mass is 10.1. The highest BCUT2D eigenvalue weighted by atomic mass is 35.5. The van der Waals surface area contributed by atoms with Gasteiger partial charge in [0, 0.05) is 10.0 Å². The zero-order chi connectivity index (χ0) is 22.7. The highest BCUT2D eigenvalue weighted by molar-refractivity contribution is 6.39. The largest absolute Gasteiger partial charge is 0.489 e. The number of nitrogens with one attached hydrogen (secondary N) is 1. The number of ether oxygens (including phenoxy) is 1. The maximum Gasteiger partial charge on any atom is 0.335 e. The van der Waals surface area contributed by atoms with Gasteiger partial charge in [-0.05, 0) is 65.7 Å². The molecule has 3 aromatic carbocycles. The van der Waals surface area contributed by atoms with E-state index in [0.717, 1.165) is 10.5 Å². The van der Waals surface area contributed by atoms with Crippen LogP contribution in [0.15, 0.2) is 78.4 Å². The predicted molar refractivity (Wildman–Crippen MR) is 123 cm³/mol. The molecule has 4 amide bonds. The quantitative estimate of drug-likeness (QED) is 0.412. The fourth-order valence-electron chi connectivity index (χ4n) is 3.09. The molecule has 1 aliphatic heterocycles. The van der Waals surface area contributed by atoms with Gasteiger partial charge in [-0.1, -0.05) is 47.5 Å². The lowest BCUT2D eigenvalue weighted by Gasteiger charge is -2.26. The number of urea groups is 1. The van der Waals surface area contributed by atoms with Crippen molar-refractivity contribution >= 4 is 52.8 Å². The summed E-state index contributed by atoms with van der Waals surface area (Å²) in [5, 5.41) is 3.29. The van der Waals surface area contributed by atoms with Crippen LogP contribution in [0.25, 0.3) is 6.08 Å². The van der Waals surface area contributed by atoms with E-state index < -0.39 is 17.8 Å². The van der Waals surface area contributed by atoms with Crippen LogP contribution in [0.4, 0.5) is 10.5 Å². The smallest absolute Gasteiger partial charge is 0.335 e. The van der Waals surface area contributed by atoms with Crippen molar-refractivity contribution in [2.24, 2.45) is 0 Å². The van der Waals surface area contributed by atoms with Crippen molar-refractivity contribution in [1.82, 2.24) is 5.32 Å². The number of halogens is 2. The molecular weight excluding hydrogens is 451 g/mol. The van der Waals surface area contributed by atoms with Gasteiger partial charge in [-0.2, -0.15) is 0 Å². The van der Waals surface area contributed by atoms with E-state index in [-0.39, 0.29) is 5.57 Å². The van der Waals surface area contributed by atoms with E-state index in [2.05, 4.69) is 5.32 Å². The lowest BCUT2D eigenvalue weighted by molar-refractivity contribution is -0.122. The summed E-state index contributed by atoms with van der Waals surface area (Å²) in [5.41, 5.74) is 1.64. The third-order valence-electron chi connectivity index (χ3n) is 4.67. The zero-order valence-electron chi connectivity index (χ0n) is 16.5. The van der Waals surface area contributed by atoms with Gasteiger partial charge in [-0.3, -0.25) is 14.9 Å². The third kappa shape index (κ3) is 4.82. The van der Waals surface area contributed by atoms with Gasteiger partial charge in [0.05, 0.1) is 5.69 Å². The van der Waals surface area contributed by atoms with E-state index in [0.29, 0.717) is 33.7 Å². The molecule has 0 spiro atoms. The van der Waals surface area contributed by atoms with Crippen molar-refractivity contribution < 1.29 is 19.1 Å². The number of carbonyl (C=O) groups excluding carboxylic acids is 3. The first kappa shape index (κ1) is 21.6. The van der Waals surface area contributed by atoms with Gasteiger partial charge in [-0.15, -0.1) is 0 Å². The summed E-state index contributed by atoms with van der Waals surface area (Å²) >= 11 is 11.8. The first-order valence-electron chi connectivity index (χ1n) is 9.55. The minimum atomic E-state index is -0.820. The highest BCUT2D eigenvalue weighted by Crippen LogP contribution is 2.24. The number of imide groups is 2. The number of hydrogen-bond acceptors (Lipinski definition) is 4. The molecule has 0 aliphatic carbocycles. The van der Waals surface area contributed by atoms with E-state index >= 15 is 0 Å². The van der Waals surface area contributed by atoms with E-state index in [4.69, 9.17) is 27.9 Å². The first-order valence-corrected chi connectivity index (χ1v) is 10.3. The van der Waals surface area contributed by atoms with E-state index in [1.165, 1.54) is 18.2 Å². The molecule has 160 valence electrons. The number of hydrogen-bond donors (Lipinski definition) is 1. The van der Waals surface area contributed by atoms with E-state index in [1.54, 1.807) is 48.5 Å². The van der Waals surface area contributed by atoms with Crippen LogP contribution < -0.4 is 15.0 Å². The van der Waals surface area contributed by atoms with Crippen molar-refractivity contribution in [3.8, 4) is 5.75 Å². The molecule has 0 radical (unpaired) electrons. The van der Waals surface area contributed by atoms with E-state index in [9.17, 15) is 14.4 Å². The summed E-state index contributed by atoms with van der Waals surface area (Å²) in [4.78, 5) is 38.5. The Morgan fingerprint density at radius 1 is 0.875 bits per heavy atom. The Bertz CT molecular complexity index is 1220. The van der Waals surface area contributed by atoms with Crippen LogP contribution in [0.1, 0.15) is 11.1 Å². The molecule has 0 aromatic heterocycles. The van der Waals surface area contributed by atoms with Gasteiger partial charge in [0.2, 0.25) is 0 Å². The number of nitrogens with zero attached hydrogens (tertiary/aromatic N) is 1. The second-order valence-electron chi connectivity index (χ2n) is 6.92. The molecule has 32 heavy (non-hydrogen) atoms. The maximum atomic E-state index is 13.0. The molecule has 6 nitrogen and oxygen atoms in total. The molecule has 0 bridgehead atoms. The van der Waals surface area contributed by atoms with Crippen LogP contribution in [-0.2, 0) is 16.2 Å². The highest BCUT2D eigenvalue weighted by Gasteiger charge is 2.36. The van der Waals surface area contributed by atoms with Crippen LogP contribution in [0.2, 0.25) is 10.0 Å². The predicted octanol–water partition coefficient (Wildman–Crippen LogP) is 5.24. The van der Waals surface area contributed by atoms with Crippen molar-refractivity contribution in [2.75, 3.05) is 4.90 Å². The third-order valence-corrected chi connectivity index (χ3v) is 5.18. The summed E-state index contributed by atoms with van der Waals surface area (Å²) in [7, 11) is 0. The molecule has 1 aliphatic rings. The Labute approximate surface area is 194 Å². The summed E-state index contributed by atoms with van der Waals surface area (Å²) < 4.78 is 5.80. The number of amides is 4. The summed E-state index contributed by atoms with van der Waals surface area (Å²) in [6.45, 7) is 0.329. The van der Waals surface area contributed by atoms with Crippen LogP contribution in [0, 0.1) is 0 Å². The molecule has 0 atom stereocenters. The van der Waals surface area contributed by atoms with Crippen LogP contribution >= 0.6 is 23.2 Å². The Balaban J connectivity index is 1.56. The molecular formula is C24H16Cl2N2O4. The van der Waals surface area contributed by atoms with Crippen molar-refractivity contribution in [1.29, 1.82) is 0 Å². The van der Waals surface area contributed by atoms with Gasteiger partial charge < -0.3 is 4.74 Å². The fourth-order valence-corrected chi connectivity index (χ4v) is 3.34. The van der Waals surface area contributed by atoms with Crippen molar-refractivity contribution in [3.05, 3.63) is 99.5 Å². The first-order chi connectivity index (χ1) is 15.4. The van der Waals surface area contributed by atoms with Gasteiger partial charge >= 0.3 is 6.03 Å². The average molecular weight is 467 g/mol. The molecule has 1 heterocycles. The number of anilines is 1. The average Bonchev–Trinajstić information content (AvgIpc) is 2.78. The topological polar surface area (TPSA) is 75.7 Å². The Morgan fingerprint density at radius 2 is 1.53 bits per heavy atom. The summed E-state index contributed by atoms with van der Waals surface area (Å²) in [6, 6.07) is 19.6. The molecule has 3 aromatic rings. The molecule has 1 saturated heterocycles. The van der Waals surface area contributed by atoms with Gasteiger partial charge in [0.25, 0.3) is 11.8 Å². The van der Waals surface area contributed by atoms with Gasteiger partial charge in [-0.25, -0.2) is 9.69 Å². The maximum absolute atomic E-state index is 13.0. The minimum Gasteiger partial charge on any atom is -0.489 e. The molecule has 8 heteroatoms. The Morgan fingerprint density at radius 3 is 2.22 bits per heavy atom. The lowest BCUT2D eigenvalue weighted by Crippen LogP contribution is -2.54. The molecule has 0 saturated carbocycles. The SMILES string of the molecule is O=C1NC(=O)N(c2ccc(Cl)cc2)C(=O)/C1=C\c1cccc(OCc2ccc(Cl)cc2)c1.